The fraction of sp³-hybridized carbons (Fsp3) is 0.500. The molecule has 1 atom stereocenters. The molecule has 1 heterocycles. The van der Waals surface area contributed by atoms with Crippen molar-refractivity contribution in [1.82, 2.24) is 9.80 Å². The fourth-order valence-electron chi connectivity index (χ4n) is 2.98. The summed E-state index contributed by atoms with van der Waals surface area (Å²) in [6.45, 7) is 7.72. The number of halogens is 1. The predicted octanol–water partition coefficient (Wildman–Crippen LogP) is 2.54. The predicted molar refractivity (Wildman–Crippen MR) is 106 cm³/mol. The van der Waals surface area contributed by atoms with Crippen LogP contribution in [0.25, 0.3) is 0 Å². The lowest BCUT2D eigenvalue weighted by Crippen LogP contribution is -2.52. The molecule has 142 valence electrons. The van der Waals surface area contributed by atoms with Gasteiger partial charge in [-0.15, -0.1) is 0 Å². The van der Waals surface area contributed by atoms with E-state index in [2.05, 4.69) is 34.8 Å². The van der Waals surface area contributed by atoms with E-state index in [4.69, 9.17) is 11.5 Å². The number of amides is 4. The second-order valence-corrected chi connectivity index (χ2v) is 7.87. The molecule has 0 spiro atoms. The summed E-state index contributed by atoms with van der Waals surface area (Å²) in [6, 6.07) is 7.03. The van der Waals surface area contributed by atoms with Crippen LogP contribution in [-0.2, 0) is 5.41 Å². The molecule has 1 unspecified atom stereocenters. The van der Waals surface area contributed by atoms with Gasteiger partial charge in [-0.3, -0.25) is 0 Å². The van der Waals surface area contributed by atoms with E-state index in [0.29, 0.717) is 26.2 Å². The molecule has 1 aromatic rings. The molecule has 0 bridgehead atoms. The number of primary amides is 1. The van der Waals surface area contributed by atoms with Gasteiger partial charge in [0.1, 0.15) is 5.84 Å². The second-order valence-electron chi connectivity index (χ2n) is 6.96. The highest BCUT2D eigenvalue weighted by atomic mass is 79.9. The third-order valence-corrected chi connectivity index (χ3v) is 5.74. The van der Waals surface area contributed by atoms with Gasteiger partial charge in [-0.05, 0) is 30.5 Å². The maximum Gasteiger partial charge on any atom is 0.345 e. The molecule has 2 rings (SSSR count). The van der Waals surface area contributed by atoms with Crippen molar-refractivity contribution in [2.75, 3.05) is 26.2 Å². The number of hydrogen-bond acceptors (Lipinski definition) is 2. The van der Waals surface area contributed by atoms with Crippen molar-refractivity contribution >= 4 is 33.8 Å². The van der Waals surface area contributed by atoms with Crippen LogP contribution in [0, 0.1) is 5.92 Å². The minimum atomic E-state index is -0.564. The first-order valence-corrected chi connectivity index (χ1v) is 9.39. The van der Waals surface area contributed by atoms with Gasteiger partial charge in [-0.2, -0.15) is 4.99 Å². The highest BCUT2D eigenvalue weighted by Crippen LogP contribution is 2.33. The molecule has 0 aromatic heterocycles. The van der Waals surface area contributed by atoms with Gasteiger partial charge in [-0.1, -0.05) is 41.9 Å². The van der Waals surface area contributed by atoms with Gasteiger partial charge in [0.05, 0.1) is 5.41 Å². The maximum atomic E-state index is 12.6. The standard InChI is InChI=1S/C18H26BrN5O2/c1-12(2)18(3,13-4-6-14(19)7-5-13)15(20)22-17(26)24-10-8-23(9-11-24)16(21)25/h4-7,12H,8-11H2,1-3H3,(H2,21,25)(H2,20,22,26). The molecule has 7 nitrogen and oxygen atoms in total. The van der Waals surface area contributed by atoms with Crippen LogP contribution in [0.15, 0.2) is 33.7 Å². The SMILES string of the molecule is CC(C)C(C)(C(N)=NC(=O)N1CCN(C(N)=O)CC1)c1ccc(Br)cc1. The summed E-state index contributed by atoms with van der Waals surface area (Å²) in [5.41, 5.74) is 12.0. The van der Waals surface area contributed by atoms with Gasteiger partial charge in [-0.25, -0.2) is 9.59 Å². The van der Waals surface area contributed by atoms with Crippen LogP contribution in [-0.4, -0.2) is 53.9 Å². The summed E-state index contributed by atoms with van der Waals surface area (Å²) < 4.78 is 0.978. The summed E-state index contributed by atoms with van der Waals surface area (Å²) in [6.07, 6.45) is 0. The van der Waals surface area contributed by atoms with Crippen LogP contribution in [0.3, 0.4) is 0 Å². The van der Waals surface area contributed by atoms with E-state index in [1.54, 1.807) is 4.90 Å². The van der Waals surface area contributed by atoms with Crippen molar-refractivity contribution in [2.24, 2.45) is 22.4 Å². The van der Waals surface area contributed by atoms with Crippen LogP contribution in [0.2, 0.25) is 0 Å². The molecule has 8 heteroatoms. The molecule has 1 aliphatic heterocycles. The number of rotatable bonds is 3. The molecule has 1 aliphatic rings. The van der Waals surface area contributed by atoms with Gasteiger partial charge in [0.2, 0.25) is 0 Å². The number of carbonyl (C=O) groups is 2. The normalized spacial score (nSPS) is 18.0. The number of benzene rings is 1. The molecule has 4 amide bonds. The zero-order chi connectivity index (χ0) is 19.5. The smallest absolute Gasteiger partial charge is 0.345 e. The zero-order valence-electron chi connectivity index (χ0n) is 15.4. The molecule has 1 aromatic carbocycles. The molecular weight excluding hydrogens is 398 g/mol. The molecule has 0 saturated carbocycles. The van der Waals surface area contributed by atoms with Crippen molar-refractivity contribution in [3.05, 3.63) is 34.3 Å². The number of hydrogen-bond donors (Lipinski definition) is 2. The number of carbonyl (C=O) groups excluding carboxylic acids is 2. The first-order chi connectivity index (χ1) is 12.2. The number of aliphatic imine (C=N–C) groups is 1. The number of urea groups is 2. The van der Waals surface area contributed by atoms with Gasteiger partial charge < -0.3 is 21.3 Å². The van der Waals surface area contributed by atoms with Crippen molar-refractivity contribution < 1.29 is 9.59 Å². The average molecular weight is 424 g/mol. The van der Waals surface area contributed by atoms with Gasteiger partial charge in [0.15, 0.2) is 0 Å². The Morgan fingerprint density at radius 2 is 1.58 bits per heavy atom. The molecule has 1 saturated heterocycles. The molecule has 0 radical (unpaired) electrons. The monoisotopic (exact) mass is 423 g/mol. The van der Waals surface area contributed by atoms with Crippen LogP contribution in [0.1, 0.15) is 26.3 Å². The maximum absolute atomic E-state index is 12.6. The number of nitrogens with two attached hydrogens (primary N) is 2. The lowest BCUT2D eigenvalue weighted by molar-refractivity contribution is 0.152. The van der Waals surface area contributed by atoms with E-state index in [1.165, 1.54) is 4.90 Å². The topological polar surface area (TPSA) is 105 Å². The number of piperazine rings is 1. The average Bonchev–Trinajstić information content (AvgIpc) is 2.61. The Labute approximate surface area is 162 Å². The minimum absolute atomic E-state index is 0.145. The third-order valence-electron chi connectivity index (χ3n) is 5.21. The van der Waals surface area contributed by atoms with Gasteiger partial charge in [0, 0.05) is 30.7 Å². The lowest BCUT2D eigenvalue weighted by Gasteiger charge is -2.35. The number of nitrogens with zero attached hydrogens (tertiary/aromatic N) is 3. The Bertz CT molecular complexity index is 696. The van der Waals surface area contributed by atoms with Gasteiger partial charge in [0.25, 0.3) is 0 Å². The van der Waals surface area contributed by atoms with E-state index < -0.39 is 11.4 Å². The van der Waals surface area contributed by atoms with E-state index >= 15 is 0 Å². The Morgan fingerprint density at radius 3 is 2.04 bits per heavy atom. The van der Waals surface area contributed by atoms with Crippen molar-refractivity contribution in [3.8, 4) is 0 Å². The van der Waals surface area contributed by atoms with E-state index in [1.807, 2.05) is 31.2 Å². The Hall–Kier alpha value is -2.09. The largest absolute Gasteiger partial charge is 0.386 e. The van der Waals surface area contributed by atoms with Crippen LogP contribution in [0.4, 0.5) is 9.59 Å². The highest BCUT2D eigenvalue weighted by Gasteiger charge is 2.36. The quantitative estimate of drug-likeness (QED) is 0.575. The Balaban J connectivity index is 2.20. The van der Waals surface area contributed by atoms with Crippen LogP contribution >= 0.6 is 15.9 Å². The van der Waals surface area contributed by atoms with E-state index in [0.717, 1.165) is 10.0 Å². The lowest BCUT2D eigenvalue weighted by atomic mass is 9.72. The van der Waals surface area contributed by atoms with Crippen molar-refractivity contribution in [1.29, 1.82) is 0 Å². The van der Waals surface area contributed by atoms with Crippen molar-refractivity contribution in [2.45, 2.75) is 26.2 Å². The summed E-state index contributed by atoms with van der Waals surface area (Å²) in [5, 5.41) is 0. The Morgan fingerprint density at radius 1 is 1.08 bits per heavy atom. The van der Waals surface area contributed by atoms with Crippen LogP contribution < -0.4 is 11.5 Å². The number of amidine groups is 1. The summed E-state index contributed by atoms with van der Waals surface area (Å²) >= 11 is 3.43. The molecular formula is C18H26BrN5O2. The summed E-state index contributed by atoms with van der Waals surface area (Å²) in [4.78, 5) is 31.0. The third kappa shape index (κ3) is 4.17. The Kier molecular flexibility index (Phi) is 6.28. The highest BCUT2D eigenvalue weighted by molar-refractivity contribution is 9.10. The minimum Gasteiger partial charge on any atom is -0.386 e. The van der Waals surface area contributed by atoms with Crippen molar-refractivity contribution in [3.63, 3.8) is 0 Å². The van der Waals surface area contributed by atoms with Gasteiger partial charge >= 0.3 is 12.1 Å². The van der Waals surface area contributed by atoms with E-state index in [9.17, 15) is 9.59 Å². The summed E-state index contributed by atoms with van der Waals surface area (Å²) in [7, 11) is 0. The molecule has 4 N–H and O–H groups in total. The zero-order valence-corrected chi connectivity index (χ0v) is 17.0. The summed E-state index contributed by atoms with van der Waals surface area (Å²) in [5.74, 6) is 0.434. The van der Waals surface area contributed by atoms with E-state index in [-0.39, 0.29) is 17.8 Å². The molecule has 1 fully saturated rings. The first kappa shape index (κ1) is 20.2. The molecule has 0 aliphatic carbocycles. The first-order valence-electron chi connectivity index (χ1n) is 8.60. The molecule has 26 heavy (non-hydrogen) atoms. The van der Waals surface area contributed by atoms with Crippen LogP contribution in [0.5, 0.6) is 0 Å². The second kappa shape index (κ2) is 8.07. The fourth-order valence-corrected chi connectivity index (χ4v) is 3.25.